The van der Waals surface area contributed by atoms with Gasteiger partial charge in [-0.15, -0.1) is 0 Å². The van der Waals surface area contributed by atoms with Gasteiger partial charge < -0.3 is 19.7 Å². The molecule has 0 heterocycles. The van der Waals surface area contributed by atoms with Crippen molar-refractivity contribution in [3.05, 3.63) is 72.9 Å². The summed E-state index contributed by atoms with van der Waals surface area (Å²) in [5.41, 5.74) is 0. The van der Waals surface area contributed by atoms with E-state index in [1.807, 2.05) is 36.5 Å². The summed E-state index contributed by atoms with van der Waals surface area (Å²) in [5.74, 6) is 0.108. The lowest BCUT2D eigenvalue weighted by Crippen LogP contribution is -2.28. The highest BCUT2D eigenvalue weighted by molar-refractivity contribution is 5.70. The van der Waals surface area contributed by atoms with Gasteiger partial charge in [0.15, 0.2) is 6.10 Å². The number of hydrogen-bond acceptors (Lipinski definition) is 6. The zero-order valence-corrected chi connectivity index (χ0v) is 31.5. The molecule has 0 fully saturated rings. The summed E-state index contributed by atoms with van der Waals surface area (Å²) in [5, 5.41) is 19.5. The molecule has 0 amide bonds. The van der Waals surface area contributed by atoms with Gasteiger partial charge in [-0.25, -0.2) is 0 Å². The maximum absolute atomic E-state index is 12.2. The second-order valence-corrected chi connectivity index (χ2v) is 13.3. The molecule has 0 radical (unpaired) electrons. The van der Waals surface area contributed by atoms with Gasteiger partial charge in [-0.1, -0.05) is 171 Å². The van der Waals surface area contributed by atoms with Crippen molar-refractivity contribution in [1.82, 2.24) is 0 Å². The van der Waals surface area contributed by atoms with Gasteiger partial charge >= 0.3 is 11.9 Å². The third kappa shape index (κ3) is 36.4. The smallest absolute Gasteiger partial charge is 0.306 e. The zero-order valence-electron chi connectivity index (χ0n) is 31.5. The first kappa shape index (κ1) is 46.3. The number of carbonyl (C=O) groups is 2. The summed E-state index contributed by atoms with van der Waals surface area (Å²) in [4.78, 5) is 24.2. The highest BCUT2D eigenvalue weighted by atomic mass is 16.6. The van der Waals surface area contributed by atoms with Crippen LogP contribution in [0, 0.1) is 5.92 Å². The predicted octanol–water partition coefficient (Wildman–Crippen LogP) is 11.0. The van der Waals surface area contributed by atoms with E-state index in [-0.39, 0.29) is 31.6 Å². The Hall–Kier alpha value is -2.70. The van der Waals surface area contributed by atoms with E-state index in [1.54, 1.807) is 6.08 Å². The van der Waals surface area contributed by atoms with Crippen LogP contribution in [-0.2, 0) is 19.1 Å². The van der Waals surface area contributed by atoms with Crippen molar-refractivity contribution in [3.63, 3.8) is 0 Å². The minimum absolute atomic E-state index is 0.124. The second-order valence-electron chi connectivity index (χ2n) is 13.3. The SMILES string of the molecule is CC/C=C\C/C=C\CC(O)/C=C/C=C\C/C=C\C/C=C\CCC(=O)OC[C@H](CO)OC(=O)CCCCCCCCCCCCCCC(C)C. The molecule has 6 heteroatoms. The molecule has 0 aromatic heterocycles. The predicted molar refractivity (Wildman–Crippen MR) is 206 cm³/mol. The average molecular weight is 685 g/mol. The second kappa shape index (κ2) is 36.6. The number of unbranched alkanes of at least 4 members (excludes halogenated alkanes) is 11. The van der Waals surface area contributed by atoms with E-state index in [9.17, 15) is 19.8 Å². The Balaban J connectivity index is 3.78. The van der Waals surface area contributed by atoms with Gasteiger partial charge in [0.05, 0.1) is 12.7 Å². The van der Waals surface area contributed by atoms with Crippen LogP contribution in [0.5, 0.6) is 0 Å². The fourth-order valence-corrected chi connectivity index (χ4v) is 5.08. The maximum atomic E-state index is 12.2. The quantitative estimate of drug-likeness (QED) is 0.0309. The minimum atomic E-state index is -0.818. The lowest BCUT2D eigenvalue weighted by molar-refractivity contribution is -0.161. The molecule has 0 aliphatic rings. The Morgan fingerprint density at radius 3 is 1.80 bits per heavy atom. The molecule has 49 heavy (non-hydrogen) atoms. The number of aliphatic hydroxyl groups is 2. The number of aliphatic hydroxyl groups excluding tert-OH is 2. The van der Waals surface area contributed by atoms with E-state index in [2.05, 4.69) is 51.2 Å². The lowest BCUT2D eigenvalue weighted by atomic mass is 10.0. The van der Waals surface area contributed by atoms with Gasteiger partial charge in [-0.3, -0.25) is 9.59 Å². The van der Waals surface area contributed by atoms with Crippen LogP contribution >= 0.6 is 0 Å². The topological polar surface area (TPSA) is 93.1 Å². The Morgan fingerprint density at radius 1 is 0.633 bits per heavy atom. The number of ether oxygens (including phenoxy) is 2. The third-order valence-electron chi connectivity index (χ3n) is 8.04. The van der Waals surface area contributed by atoms with Crippen LogP contribution in [0.15, 0.2) is 72.9 Å². The van der Waals surface area contributed by atoms with Gasteiger partial charge in [0.2, 0.25) is 0 Å². The van der Waals surface area contributed by atoms with Crippen LogP contribution in [0.1, 0.15) is 156 Å². The highest BCUT2D eigenvalue weighted by Gasteiger charge is 2.15. The fraction of sp³-hybridized carbons (Fsp3) is 0.674. The molecule has 0 saturated heterocycles. The maximum Gasteiger partial charge on any atom is 0.306 e. The van der Waals surface area contributed by atoms with E-state index in [0.717, 1.165) is 50.9 Å². The fourth-order valence-electron chi connectivity index (χ4n) is 5.08. The van der Waals surface area contributed by atoms with Crippen LogP contribution in [0.3, 0.4) is 0 Å². The average Bonchev–Trinajstić information content (AvgIpc) is 3.08. The zero-order chi connectivity index (χ0) is 36.0. The molecule has 0 spiro atoms. The Kier molecular flexibility index (Phi) is 34.6. The molecule has 0 aromatic rings. The van der Waals surface area contributed by atoms with Crippen molar-refractivity contribution in [2.75, 3.05) is 13.2 Å². The molecule has 0 aliphatic carbocycles. The first-order valence-corrected chi connectivity index (χ1v) is 19.5. The normalized spacial score (nSPS) is 13.8. The number of carbonyl (C=O) groups excluding carboxylic acids is 2. The molecule has 2 atom stereocenters. The largest absolute Gasteiger partial charge is 0.462 e. The van der Waals surface area contributed by atoms with Crippen LogP contribution in [-0.4, -0.2) is 47.6 Å². The van der Waals surface area contributed by atoms with Gasteiger partial charge in [0.25, 0.3) is 0 Å². The summed E-state index contributed by atoms with van der Waals surface area (Å²) >= 11 is 0. The first-order chi connectivity index (χ1) is 23.9. The Labute approximate surface area is 300 Å². The summed E-state index contributed by atoms with van der Waals surface area (Å²) in [6, 6.07) is 0. The van der Waals surface area contributed by atoms with E-state index in [4.69, 9.17) is 9.47 Å². The molecule has 1 unspecified atom stereocenters. The molecular weight excluding hydrogens is 612 g/mol. The third-order valence-corrected chi connectivity index (χ3v) is 8.04. The summed E-state index contributed by atoms with van der Waals surface area (Å²) < 4.78 is 10.5. The van der Waals surface area contributed by atoms with Crippen molar-refractivity contribution >= 4 is 11.9 Å². The lowest BCUT2D eigenvalue weighted by Gasteiger charge is -2.15. The molecule has 6 nitrogen and oxygen atoms in total. The van der Waals surface area contributed by atoms with E-state index >= 15 is 0 Å². The van der Waals surface area contributed by atoms with Crippen molar-refractivity contribution in [2.24, 2.45) is 5.92 Å². The monoisotopic (exact) mass is 685 g/mol. The van der Waals surface area contributed by atoms with Crippen LogP contribution < -0.4 is 0 Å². The molecule has 2 N–H and O–H groups in total. The Morgan fingerprint density at radius 2 is 1.18 bits per heavy atom. The van der Waals surface area contributed by atoms with Crippen LogP contribution in [0.25, 0.3) is 0 Å². The van der Waals surface area contributed by atoms with Crippen molar-refractivity contribution in [2.45, 2.75) is 168 Å². The van der Waals surface area contributed by atoms with Gasteiger partial charge in [0, 0.05) is 12.8 Å². The molecule has 0 aliphatic heterocycles. The van der Waals surface area contributed by atoms with Gasteiger partial charge in [-0.2, -0.15) is 0 Å². The molecule has 0 saturated carbocycles. The standard InChI is InChI=1S/C43H72O6/c1-4-5-6-7-23-28-33-40(45)34-29-24-19-15-12-13-16-20-25-30-35-42(46)48-38-41(37-44)49-43(47)36-31-26-21-17-11-9-8-10-14-18-22-27-32-39(2)3/h5-6,12-13,19-20,23-25,28-29,34,39-41,44-45H,4,7-11,14-18,21-22,26-27,30-33,35-38H2,1-3H3/b6-5-,13-12-,24-19-,25-20-,28-23-,34-29+/t40?,41-/m0/s1. The number of esters is 2. The van der Waals surface area contributed by atoms with Crippen molar-refractivity contribution in [3.8, 4) is 0 Å². The molecule has 0 bridgehead atoms. The molecule has 0 aromatic carbocycles. The summed E-state index contributed by atoms with van der Waals surface area (Å²) in [6.07, 6.45) is 44.3. The van der Waals surface area contributed by atoms with Crippen molar-refractivity contribution in [1.29, 1.82) is 0 Å². The number of rotatable bonds is 33. The van der Waals surface area contributed by atoms with Crippen LogP contribution in [0.4, 0.5) is 0 Å². The molecule has 280 valence electrons. The van der Waals surface area contributed by atoms with Crippen LogP contribution in [0.2, 0.25) is 0 Å². The number of allylic oxidation sites excluding steroid dienone is 10. The summed E-state index contributed by atoms with van der Waals surface area (Å²) in [6.45, 7) is 6.22. The van der Waals surface area contributed by atoms with E-state index < -0.39 is 12.2 Å². The summed E-state index contributed by atoms with van der Waals surface area (Å²) in [7, 11) is 0. The van der Waals surface area contributed by atoms with Gasteiger partial charge in [0.1, 0.15) is 6.61 Å². The van der Waals surface area contributed by atoms with E-state index in [0.29, 0.717) is 19.3 Å². The van der Waals surface area contributed by atoms with Gasteiger partial charge in [-0.05, 0) is 50.9 Å². The number of hydrogen-bond donors (Lipinski definition) is 2. The molecular formula is C43H72O6. The molecule has 0 rings (SSSR count). The van der Waals surface area contributed by atoms with E-state index in [1.165, 1.54) is 64.2 Å². The Bertz CT molecular complexity index is 942. The minimum Gasteiger partial charge on any atom is -0.462 e. The highest BCUT2D eigenvalue weighted by Crippen LogP contribution is 2.15. The first-order valence-electron chi connectivity index (χ1n) is 19.5. The van der Waals surface area contributed by atoms with Crippen molar-refractivity contribution < 1.29 is 29.3 Å².